The number of rotatable bonds is 3. The highest BCUT2D eigenvalue weighted by Crippen LogP contribution is 2.31. The van der Waals surface area contributed by atoms with Gasteiger partial charge in [-0.3, -0.25) is 0 Å². The van der Waals surface area contributed by atoms with Crippen LogP contribution in [0.25, 0.3) is 10.4 Å². The molecule has 21 heavy (non-hydrogen) atoms. The summed E-state index contributed by atoms with van der Waals surface area (Å²) in [6, 6.07) is 18.2. The van der Waals surface area contributed by atoms with Crippen molar-refractivity contribution in [2.75, 3.05) is 0 Å². The van der Waals surface area contributed by atoms with E-state index in [1.807, 2.05) is 31.2 Å². The second-order valence-corrected chi connectivity index (χ2v) is 6.99. The second kappa shape index (κ2) is 6.12. The summed E-state index contributed by atoms with van der Waals surface area (Å²) in [5.41, 5.74) is 2.97. The predicted octanol–water partition coefficient (Wildman–Crippen LogP) is 6.22. The van der Waals surface area contributed by atoms with Crippen molar-refractivity contribution in [3.8, 4) is 10.4 Å². The Morgan fingerprint density at radius 2 is 1.76 bits per heavy atom. The van der Waals surface area contributed by atoms with Gasteiger partial charge in [-0.1, -0.05) is 36.4 Å². The summed E-state index contributed by atoms with van der Waals surface area (Å²) in [6.45, 7) is 1.95. The molecule has 0 aliphatic heterocycles. The molecule has 0 aliphatic rings. The van der Waals surface area contributed by atoms with Crippen molar-refractivity contribution in [3.63, 3.8) is 0 Å². The standard InChI is InChI=1S/C18H14BrFS/c1-12-7-9-16(19)18(20)15(12)11-14-8-10-17(21-14)13-5-3-2-4-6-13/h2-10H,11H2,1H3. The normalized spacial score (nSPS) is 10.8. The molecule has 0 saturated heterocycles. The Balaban J connectivity index is 1.91. The maximum atomic E-state index is 14.2. The number of hydrogen-bond donors (Lipinski definition) is 0. The van der Waals surface area contributed by atoms with Crippen molar-refractivity contribution < 1.29 is 4.39 Å². The maximum Gasteiger partial charge on any atom is 0.141 e. The van der Waals surface area contributed by atoms with Crippen molar-refractivity contribution in [1.29, 1.82) is 0 Å². The Bertz CT molecular complexity index is 762. The lowest BCUT2D eigenvalue weighted by Gasteiger charge is -2.07. The molecule has 3 aromatic rings. The molecule has 0 atom stereocenters. The highest BCUT2D eigenvalue weighted by Gasteiger charge is 2.12. The van der Waals surface area contributed by atoms with Gasteiger partial charge in [-0.05, 0) is 57.7 Å². The number of thiophene rings is 1. The van der Waals surface area contributed by atoms with Crippen LogP contribution in [-0.2, 0) is 6.42 Å². The molecule has 0 aliphatic carbocycles. The van der Waals surface area contributed by atoms with Gasteiger partial charge in [0.15, 0.2) is 0 Å². The molecule has 0 amide bonds. The highest BCUT2D eigenvalue weighted by atomic mass is 79.9. The van der Waals surface area contributed by atoms with Crippen LogP contribution in [-0.4, -0.2) is 0 Å². The molecule has 106 valence electrons. The first-order chi connectivity index (χ1) is 10.1. The SMILES string of the molecule is Cc1ccc(Br)c(F)c1Cc1ccc(-c2ccccc2)s1. The summed E-state index contributed by atoms with van der Waals surface area (Å²) in [5.74, 6) is -0.148. The summed E-state index contributed by atoms with van der Waals surface area (Å²) in [7, 11) is 0. The van der Waals surface area contributed by atoms with Gasteiger partial charge in [0.2, 0.25) is 0 Å². The van der Waals surface area contributed by atoms with Gasteiger partial charge >= 0.3 is 0 Å². The van der Waals surface area contributed by atoms with Crippen LogP contribution in [0.1, 0.15) is 16.0 Å². The Morgan fingerprint density at radius 1 is 1.00 bits per heavy atom. The summed E-state index contributed by atoms with van der Waals surface area (Å²) >= 11 is 4.99. The zero-order valence-electron chi connectivity index (χ0n) is 11.6. The Labute approximate surface area is 136 Å². The molecule has 0 fully saturated rings. The molecule has 2 aromatic carbocycles. The number of aryl methyl sites for hydroxylation is 1. The average molecular weight is 361 g/mol. The van der Waals surface area contributed by atoms with Crippen LogP contribution in [0, 0.1) is 12.7 Å². The molecule has 0 unspecified atom stereocenters. The lowest BCUT2D eigenvalue weighted by atomic mass is 10.0. The fourth-order valence-electron chi connectivity index (χ4n) is 2.31. The van der Waals surface area contributed by atoms with Crippen LogP contribution in [0.15, 0.2) is 59.1 Å². The first-order valence-electron chi connectivity index (χ1n) is 6.73. The summed E-state index contributed by atoms with van der Waals surface area (Å²) in [6.07, 6.45) is 0.634. The van der Waals surface area contributed by atoms with Crippen LogP contribution in [0.2, 0.25) is 0 Å². The van der Waals surface area contributed by atoms with Gasteiger partial charge in [-0.25, -0.2) is 4.39 Å². The first kappa shape index (κ1) is 14.5. The van der Waals surface area contributed by atoms with Crippen LogP contribution in [0.5, 0.6) is 0 Å². The zero-order chi connectivity index (χ0) is 14.8. The smallest absolute Gasteiger partial charge is 0.141 e. The third kappa shape index (κ3) is 3.09. The summed E-state index contributed by atoms with van der Waals surface area (Å²) in [4.78, 5) is 2.40. The van der Waals surface area contributed by atoms with Crippen LogP contribution in [0.3, 0.4) is 0 Å². The minimum atomic E-state index is -0.148. The van der Waals surface area contributed by atoms with Gasteiger partial charge < -0.3 is 0 Å². The number of halogens is 2. The Kier molecular flexibility index (Phi) is 4.22. The van der Waals surface area contributed by atoms with Crippen molar-refractivity contribution in [1.82, 2.24) is 0 Å². The minimum Gasteiger partial charge on any atom is -0.205 e. The molecule has 3 heteroatoms. The maximum absolute atomic E-state index is 14.2. The van der Waals surface area contributed by atoms with E-state index in [0.29, 0.717) is 10.9 Å². The van der Waals surface area contributed by atoms with Crippen LogP contribution in [0.4, 0.5) is 4.39 Å². The Hall–Kier alpha value is -1.45. The topological polar surface area (TPSA) is 0 Å². The van der Waals surface area contributed by atoms with Crippen LogP contribution >= 0.6 is 27.3 Å². The number of hydrogen-bond acceptors (Lipinski definition) is 1. The third-order valence-corrected chi connectivity index (χ3v) is 5.25. The number of benzene rings is 2. The van der Waals surface area contributed by atoms with Crippen molar-refractivity contribution in [3.05, 3.63) is 80.9 Å². The second-order valence-electron chi connectivity index (χ2n) is 4.97. The molecule has 1 heterocycles. The fourth-order valence-corrected chi connectivity index (χ4v) is 3.71. The van der Waals surface area contributed by atoms with Crippen molar-refractivity contribution in [2.24, 2.45) is 0 Å². The average Bonchev–Trinajstić information content (AvgIpc) is 2.97. The zero-order valence-corrected chi connectivity index (χ0v) is 14.0. The van der Waals surface area contributed by atoms with E-state index in [2.05, 4.69) is 40.2 Å². The van der Waals surface area contributed by atoms with E-state index in [0.717, 1.165) is 11.1 Å². The van der Waals surface area contributed by atoms with Gasteiger partial charge in [0.1, 0.15) is 5.82 Å². The van der Waals surface area contributed by atoms with Gasteiger partial charge in [0, 0.05) is 16.2 Å². The highest BCUT2D eigenvalue weighted by molar-refractivity contribution is 9.10. The molecule has 0 spiro atoms. The van der Waals surface area contributed by atoms with E-state index in [9.17, 15) is 4.39 Å². The molecular weight excluding hydrogens is 347 g/mol. The summed E-state index contributed by atoms with van der Waals surface area (Å²) in [5, 5.41) is 0. The van der Waals surface area contributed by atoms with E-state index in [-0.39, 0.29) is 5.82 Å². The molecule has 3 rings (SSSR count). The summed E-state index contributed by atoms with van der Waals surface area (Å²) < 4.78 is 14.8. The van der Waals surface area contributed by atoms with E-state index >= 15 is 0 Å². The largest absolute Gasteiger partial charge is 0.205 e. The van der Waals surface area contributed by atoms with Crippen LogP contribution < -0.4 is 0 Å². The van der Waals surface area contributed by atoms with Gasteiger partial charge in [-0.2, -0.15) is 0 Å². The molecule has 0 radical (unpaired) electrons. The predicted molar refractivity (Wildman–Crippen MR) is 91.4 cm³/mol. The molecule has 0 saturated carbocycles. The minimum absolute atomic E-state index is 0.148. The molecule has 0 bridgehead atoms. The first-order valence-corrected chi connectivity index (χ1v) is 8.33. The molecule has 0 nitrogen and oxygen atoms in total. The monoisotopic (exact) mass is 360 g/mol. The molecule has 1 aromatic heterocycles. The van der Waals surface area contributed by atoms with Crippen molar-refractivity contribution in [2.45, 2.75) is 13.3 Å². The van der Waals surface area contributed by atoms with E-state index < -0.39 is 0 Å². The van der Waals surface area contributed by atoms with Crippen molar-refractivity contribution >= 4 is 27.3 Å². The third-order valence-electron chi connectivity index (χ3n) is 3.50. The van der Waals surface area contributed by atoms with Gasteiger partial charge in [0.05, 0.1) is 4.47 Å². The van der Waals surface area contributed by atoms with E-state index in [4.69, 9.17) is 0 Å². The Morgan fingerprint density at radius 3 is 2.52 bits per heavy atom. The lowest BCUT2D eigenvalue weighted by Crippen LogP contribution is -1.95. The molecular formula is C18H14BrFS. The quantitative estimate of drug-likeness (QED) is 0.520. The van der Waals surface area contributed by atoms with E-state index in [1.54, 1.807) is 17.4 Å². The van der Waals surface area contributed by atoms with E-state index in [1.165, 1.54) is 15.3 Å². The van der Waals surface area contributed by atoms with Gasteiger partial charge in [0.25, 0.3) is 0 Å². The molecule has 0 N–H and O–H groups in total. The lowest BCUT2D eigenvalue weighted by molar-refractivity contribution is 0.606. The van der Waals surface area contributed by atoms with Gasteiger partial charge in [-0.15, -0.1) is 11.3 Å². The fraction of sp³-hybridized carbons (Fsp3) is 0.111.